The van der Waals surface area contributed by atoms with Crippen molar-refractivity contribution in [3.8, 4) is 33.9 Å². The Hall–Kier alpha value is -5.49. The Kier molecular flexibility index (Phi) is 9.19. The Bertz CT molecular complexity index is 2030. The number of carboxylic acids is 1. The van der Waals surface area contributed by atoms with Crippen molar-refractivity contribution in [2.24, 2.45) is 0 Å². The average Bonchev–Trinajstić information content (AvgIpc) is 3.00. The minimum atomic E-state index is -4.66. The third kappa shape index (κ3) is 7.59. The Balaban J connectivity index is 1.24. The van der Waals surface area contributed by atoms with E-state index in [1.165, 1.54) is 60.7 Å². The van der Waals surface area contributed by atoms with Gasteiger partial charge in [-0.3, -0.25) is 24.2 Å². The lowest BCUT2D eigenvalue weighted by Gasteiger charge is -2.17. The summed E-state index contributed by atoms with van der Waals surface area (Å²) >= 11 is 0. The molecule has 3 aromatic rings. The van der Waals surface area contributed by atoms with Crippen LogP contribution in [0.3, 0.4) is 0 Å². The van der Waals surface area contributed by atoms with E-state index >= 15 is 0 Å². The van der Waals surface area contributed by atoms with Crippen molar-refractivity contribution in [1.82, 2.24) is 10.6 Å². The lowest BCUT2D eigenvalue weighted by Crippen LogP contribution is -2.34. The summed E-state index contributed by atoms with van der Waals surface area (Å²) < 4.78 is 21.2. The molecule has 1 aliphatic heterocycles. The molecule has 46 heavy (non-hydrogen) atoms. The zero-order chi connectivity index (χ0) is 33.0. The molecule has 0 saturated heterocycles. The van der Waals surface area contributed by atoms with Gasteiger partial charge >= 0.3 is 13.8 Å². The van der Waals surface area contributed by atoms with Crippen LogP contribution in [0.5, 0.6) is 11.5 Å². The molecule has 5 rings (SSSR count). The van der Waals surface area contributed by atoms with Crippen molar-refractivity contribution in [3.05, 3.63) is 106 Å². The van der Waals surface area contributed by atoms with Gasteiger partial charge in [-0.05, 0) is 66.1 Å². The van der Waals surface area contributed by atoms with Crippen LogP contribution in [-0.4, -0.2) is 50.9 Å². The zero-order valence-electron chi connectivity index (χ0n) is 23.9. The maximum Gasteiger partial charge on any atom is 0.524 e. The number of aryl methyl sites for hydroxylation is 1. The number of benzene rings is 4. The third-order valence-corrected chi connectivity index (χ3v) is 7.43. The van der Waals surface area contributed by atoms with Crippen LogP contribution in [0.1, 0.15) is 32.7 Å². The molecule has 3 aromatic carbocycles. The number of phenolic OH excluding ortho intramolecular Hbond substituents is 1. The number of carbonyl (C=O) groups excluding carboxylic acids is 2. The summed E-state index contributed by atoms with van der Waals surface area (Å²) in [6.07, 6.45) is 0.486. The van der Waals surface area contributed by atoms with Crippen LogP contribution in [0.15, 0.2) is 88.1 Å². The first-order valence-electron chi connectivity index (χ1n) is 13.8. The second kappa shape index (κ2) is 13.2. The molecule has 0 fully saturated rings. The van der Waals surface area contributed by atoms with E-state index in [4.69, 9.17) is 14.2 Å². The highest BCUT2D eigenvalue weighted by Crippen LogP contribution is 2.42. The van der Waals surface area contributed by atoms with Crippen LogP contribution in [0.25, 0.3) is 33.4 Å². The van der Waals surface area contributed by atoms with Crippen LogP contribution in [0.2, 0.25) is 0 Å². The molecule has 1 aliphatic carbocycles. The number of carbonyl (C=O) groups is 3. The fourth-order valence-corrected chi connectivity index (χ4v) is 5.31. The SMILES string of the molecule is O=C(CCc1ccc(OP(=O)(O)O)cc1)NCCNC(=O)c1ccc(-c2c3ccc(=O)cc-3oc3cc(O)ccc23)c(C(=O)O)c1. The summed E-state index contributed by atoms with van der Waals surface area (Å²) in [6.45, 7) is 0.184. The molecule has 2 aliphatic rings. The highest BCUT2D eigenvalue weighted by Gasteiger charge is 2.23. The predicted molar refractivity (Wildman–Crippen MR) is 166 cm³/mol. The zero-order valence-corrected chi connectivity index (χ0v) is 24.8. The Labute approximate surface area is 260 Å². The smallest absolute Gasteiger partial charge is 0.508 e. The standard InChI is InChI=1S/C32H27N2O11P/c35-20-5-10-24-27(16-20)44-28-17-21(36)6-11-25(28)30(24)23-9-4-19(15-26(23)32(39)40)31(38)34-14-13-33-29(37)12-3-18-1-7-22(8-2-18)45-46(41,42)43/h1-2,4-11,15-17,35H,3,12-14H2,(H,33,37)(H,34,38)(H,39,40)(H2,41,42,43). The van der Waals surface area contributed by atoms with Crippen LogP contribution < -0.4 is 20.6 Å². The number of fused-ring (bicyclic) bond motifs is 2. The number of rotatable bonds is 11. The van der Waals surface area contributed by atoms with Gasteiger partial charge in [-0.15, -0.1) is 0 Å². The number of aromatic carboxylic acids is 1. The summed E-state index contributed by atoms with van der Waals surface area (Å²) in [7, 11) is -4.66. The van der Waals surface area contributed by atoms with Crippen molar-refractivity contribution in [3.63, 3.8) is 0 Å². The van der Waals surface area contributed by atoms with Crippen molar-refractivity contribution in [1.29, 1.82) is 0 Å². The quantitative estimate of drug-likeness (QED) is 0.0687. The number of nitrogens with one attached hydrogen (secondary N) is 2. The normalized spacial score (nSPS) is 11.3. The summed E-state index contributed by atoms with van der Waals surface area (Å²) in [6, 6.07) is 18.7. The van der Waals surface area contributed by atoms with Gasteiger partial charge in [-0.1, -0.05) is 18.2 Å². The number of hydrogen-bond donors (Lipinski definition) is 6. The van der Waals surface area contributed by atoms with E-state index in [1.807, 2.05) is 0 Å². The van der Waals surface area contributed by atoms with Crippen LogP contribution >= 0.6 is 7.82 Å². The molecule has 13 nitrogen and oxygen atoms in total. The van der Waals surface area contributed by atoms with E-state index in [-0.39, 0.29) is 70.4 Å². The molecule has 236 valence electrons. The van der Waals surface area contributed by atoms with Gasteiger partial charge in [-0.2, -0.15) is 0 Å². The second-order valence-electron chi connectivity index (χ2n) is 10.2. The van der Waals surface area contributed by atoms with Crippen LogP contribution in [-0.2, 0) is 15.8 Å². The van der Waals surface area contributed by atoms with Crippen molar-refractivity contribution >= 4 is 36.6 Å². The molecule has 6 N–H and O–H groups in total. The summed E-state index contributed by atoms with van der Waals surface area (Å²) in [5.74, 6) is -2.01. The summed E-state index contributed by atoms with van der Waals surface area (Å²) in [5.41, 5.74) is 1.77. The first-order valence-corrected chi connectivity index (χ1v) is 15.4. The van der Waals surface area contributed by atoms with E-state index < -0.39 is 19.7 Å². The van der Waals surface area contributed by atoms with Gasteiger partial charge in [0.05, 0.1) is 5.56 Å². The van der Waals surface area contributed by atoms with E-state index in [2.05, 4.69) is 15.2 Å². The minimum Gasteiger partial charge on any atom is -0.508 e. The molecule has 0 radical (unpaired) electrons. The lowest BCUT2D eigenvalue weighted by molar-refractivity contribution is -0.121. The second-order valence-corrected chi connectivity index (χ2v) is 11.4. The van der Waals surface area contributed by atoms with Gasteiger partial charge < -0.3 is 29.8 Å². The molecule has 0 aromatic heterocycles. The van der Waals surface area contributed by atoms with Gasteiger partial charge in [0.1, 0.15) is 22.8 Å². The van der Waals surface area contributed by atoms with Crippen LogP contribution in [0, 0.1) is 0 Å². The maximum absolute atomic E-state index is 12.9. The van der Waals surface area contributed by atoms with Gasteiger partial charge in [0.2, 0.25) is 5.91 Å². The van der Waals surface area contributed by atoms with Crippen molar-refractivity contribution < 1.29 is 47.9 Å². The molecule has 2 amide bonds. The van der Waals surface area contributed by atoms with Gasteiger partial charge in [0.25, 0.3) is 5.91 Å². The topological polar surface area (TPSA) is 213 Å². The number of carboxylic acid groups (broad SMARTS) is 1. The van der Waals surface area contributed by atoms with Crippen molar-refractivity contribution in [2.45, 2.75) is 12.8 Å². The van der Waals surface area contributed by atoms with E-state index in [1.54, 1.807) is 18.2 Å². The fraction of sp³-hybridized carbons (Fsp3) is 0.125. The highest BCUT2D eigenvalue weighted by atomic mass is 31.2. The summed E-state index contributed by atoms with van der Waals surface area (Å²) in [5, 5.41) is 25.9. The number of phosphoric ester groups is 1. The Morgan fingerprint density at radius 1 is 0.848 bits per heavy atom. The van der Waals surface area contributed by atoms with E-state index in [0.717, 1.165) is 5.56 Å². The summed E-state index contributed by atoms with van der Waals surface area (Å²) in [4.78, 5) is 67.2. The number of amides is 2. The van der Waals surface area contributed by atoms with Crippen molar-refractivity contribution in [2.75, 3.05) is 13.1 Å². The minimum absolute atomic E-state index is 0.000425. The van der Waals surface area contributed by atoms with Gasteiger partial charge in [-0.25, -0.2) is 9.36 Å². The van der Waals surface area contributed by atoms with Gasteiger partial charge in [0.15, 0.2) is 5.43 Å². The monoisotopic (exact) mass is 646 g/mol. The number of hydrogen-bond acceptors (Lipinski definition) is 8. The number of aromatic hydroxyl groups is 1. The molecule has 0 bridgehead atoms. The van der Waals surface area contributed by atoms with Crippen LogP contribution in [0.4, 0.5) is 0 Å². The molecule has 1 heterocycles. The molecule has 0 unspecified atom stereocenters. The Morgan fingerprint density at radius 2 is 1.57 bits per heavy atom. The first kappa shape index (κ1) is 31.9. The number of phosphoric acid groups is 1. The maximum atomic E-state index is 12.9. The molecular weight excluding hydrogens is 619 g/mol. The molecule has 0 saturated carbocycles. The Morgan fingerprint density at radius 3 is 2.28 bits per heavy atom. The number of phenols is 1. The highest BCUT2D eigenvalue weighted by molar-refractivity contribution is 7.46. The fourth-order valence-electron chi connectivity index (χ4n) is 4.91. The largest absolute Gasteiger partial charge is 0.524 e. The lowest BCUT2D eigenvalue weighted by atomic mass is 9.90. The average molecular weight is 647 g/mol. The molecule has 0 spiro atoms. The first-order chi connectivity index (χ1) is 21.9. The van der Waals surface area contributed by atoms with Gasteiger partial charge in [0, 0.05) is 53.7 Å². The molecule has 14 heteroatoms. The predicted octanol–water partition coefficient (Wildman–Crippen LogP) is 3.92. The molecular formula is C32H27N2O11P. The third-order valence-electron chi connectivity index (χ3n) is 6.98. The van der Waals surface area contributed by atoms with E-state index in [0.29, 0.717) is 22.9 Å². The molecule has 0 atom stereocenters. The van der Waals surface area contributed by atoms with E-state index in [9.17, 15) is 34.0 Å².